The van der Waals surface area contributed by atoms with E-state index in [2.05, 4.69) is 76.7 Å². The number of fused-ring (bicyclic) bond motifs is 1. The van der Waals surface area contributed by atoms with E-state index in [4.69, 9.17) is 14.6 Å². The molecular weight excluding hydrogens is 1300 g/mol. The molecule has 0 aliphatic rings. The van der Waals surface area contributed by atoms with Gasteiger partial charge in [0.05, 0.1) is 61.5 Å². The summed E-state index contributed by atoms with van der Waals surface area (Å²) in [6.45, 7) is 11.2. The van der Waals surface area contributed by atoms with Gasteiger partial charge in [-0.2, -0.15) is 13.2 Å². The van der Waals surface area contributed by atoms with Crippen molar-refractivity contribution >= 4 is 67.8 Å². The SMILES string of the molecule is CCOC(=O)c1c(C)nnn1C.CCOC(=O)c1nnn(C)c1C(F)(F)F.CN(C)c1cccc2c(S(=O)(=O)CCCCCCCC(=O)c3cn(C)nn3)cccc12.COC(=O)c1cn(C)nn1.Cn1cc(C(=O)CCCCNC(=O)OC(C)(C)C)nn1.Cn1cc(C(=O)O)nn1. The standard InChI is InChI=1S/C23H30N4O3S.C13H22N4O3.C7H8F3N3O2.C7H11N3O2.C5H7N3O2.C4H5N3O2/c1-26(2)21-13-9-12-19-18(21)11-10-15-23(19)31(29,30)16-8-6-4-5-7-14-22(28)20-17-27(3)25-24-20;1-13(2,3)20-12(19)14-8-6-5-7-11(18)10-9-17(4)16-15-10;1-3-15-6(14)4-5(7(8,9)10)13(2)12-11-4;1-4-12-7(11)6-5(2)8-9-10(6)3;1-8-3-4(6-7-8)5(9)10-2;1-7-2-3(4(8)9)5-6-7/h9-13,15,17H,4-8,14,16H2,1-3H3;9H,5-8H2,1-4H3,(H,14,19);3H2,1-2H3;4H2,1-3H3;3H,1-2H3;2H,1H3,(H,8,9). The number of carbonyl (C=O) groups excluding carboxylic acids is 6. The second-order valence-corrected chi connectivity index (χ2v) is 24.1. The lowest BCUT2D eigenvalue weighted by Gasteiger charge is -2.19. The number of unbranched alkanes of at least 4 members (excludes halogenated alkanes) is 5. The van der Waals surface area contributed by atoms with E-state index in [9.17, 15) is 55.2 Å². The Morgan fingerprint density at radius 3 is 1.52 bits per heavy atom. The number of hydrogen-bond acceptors (Lipinski definition) is 26. The Bertz CT molecular complexity index is 3960. The van der Waals surface area contributed by atoms with E-state index < -0.39 is 57.0 Å². The largest absolute Gasteiger partial charge is 0.476 e. The Hall–Kier alpha value is -10.4. The molecule has 2 N–H and O–H groups in total. The number of aromatic carboxylic acids is 1. The van der Waals surface area contributed by atoms with Crippen molar-refractivity contribution in [2.24, 2.45) is 42.3 Å². The van der Waals surface area contributed by atoms with Crippen LogP contribution in [-0.2, 0) is 77.2 Å². The zero-order valence-electron chi connectivity index (χ0n) is 56.8. The van der Waals surface area contributed by atoms with Crippen LogP contribution in [0.1, 0.15) is 167 Å². The van der Waals surface area contributed by atoms with Gasteiger partial charge in [0.1, 0.15) is 17.0 Å². The number of nitrogens with zero attached hydrogens (tertiary/aromatic N) is 19. The number of ether oxygens (including phenoxy) is 4. The third kappa shape index (κ3) is 27.4. The molecule has 38 heteroatoms. The summed E-state index contributed by atoms with van der Waals surface area (Å²) in [5, 5.41) is 55.2. The summed E-state index contributed by atoms with van der Waals surface area (Å²) in [5.41, 5.74) is 0.480. The molecule has 0 aliphatic carbocycles. The summed E-state index contributed by atoms with van der Waals surface area (Å²) in [7, 11) is 11.3. The average Bonchev–Trinajstić information content (AvgIpc) is 1.64. The van der Waals surface area contributed by atoms with Gasteiger partial charge in [-0.25, -0.2) is 41.8 Å². The van der Waals surface area contributed by atoms with Crippen LogP contribution in [0.4, 0.5) is 23.7 Å². The van der Waals surface area contributed by atoms with Crippen LogP contribution in [0.3, 0.4) is 0 Å². The summed E-state index contributed by atoms with van der Waals surface area (Å²) in [4.78, 5) is 80.6. The van der Waals surface area contributed by atoms with Gasteiger partial charge in [0, 0.05) is 92.2 Å². The second kappa shape index (κ2) is 38.8. The van der Waals surface area contributed by atoms with E-state index >= 15 is 0 Å². The first-order chi connectivity index (χ1) is 45.5. The number of amides is 1. The molecule has 530 valence electrons. The molecule has 0 spiro atoms. The molecular formula is C59H83F3N20O14S. The van der Waals surface area contributed by atoms with E-state index in [0.717, 1.165) is 49.2 Å². The minimum Gasteiger partial charge on any atom is -0.476 e. The maximum atomic E-state index is 13.0. The molecule has 0 fully saturated rings. The van der Waals surface area contributed by atoms with Crippen LogP contribution in [0.15, 0.2) is 66.1 Å². The third-order valence-electron chi connectivity index (χ3n) is 12.6. The number of carbonyl (C=O) groups is 7. The van der Waals surface area contributed by atoms with E-state index in [1.54, 1.807) is 67.5 Å². The highest BCUT2D eigenvalue weighted by molar-refractivity contribution is 7.91. The van der Waals surface area contributed by atoms with Crippen molar-refractivity contribution in [2.75, 3.05) is 51.6 Å². The number of aromatic nitrogens is 18. The lowest BCUT2D eigenvalue weighted by Crippen LogP contribution is -2.33. The van der Waals surface area contributed by atoms with Crippen molar-refractivity contribution in [1.29, 1.82) is 0 Å². The minimum absolute atomic E-state index is 0.00345. The highest BCUT2D eigenvalue weighted by Crippen LogP contribution is 2.32. The zero-order valence-corrected chi connectivity index (χ0v) is 57.6. The number of benzene rings is 2. The molecule has 0 bridgehead atoms. The number of aryl methyl sites for hydroxylation is 7. The van der Waals surface area contributed by atoms with Gasteiger partial charge in [-0.15, -0.1) is 30.6 Å². The summed E-state index contributed by atoms with van der Waals surface area (Å²) in [6, 6.07) is 11.3. The number of esters is 3. The fourth-order valence-electron chi connectivity index (χ4n) is 8.21. The number of halogens is 3. The zero-order chi connectivity index (χ0) is 72.8. The molecule has 0 saturated heterocycles. The Labute approximate surface area is 557 Å². The Balaban J connectivity index is 0.000000322. The molecule has 97 heavy (non-hydrogen) atoms. The smallest absolute Gasteiger partial charge is 0.435 e. The van der Waals surface area contributed by atoms with E-state index in [1.807, 2.05) is 70.1 Å². The van der Waals surface area contributed by atoms with Crippen molar-refractivity contribution in [3.8, 4) is 0 Å². The van der Waals surface area contributed by atoms with Gasteiger partial charge in [-0.3, -0.25) is 28.3 Å². The van der Waals surface area contributed by atoms with Gasteiger partial charge >= 0.3 is 36.1 Å². The number of methoxy groups -OCH3 is 1. The summed E-state index contributed by atoms with van der Waals surface area (Å²) < 4.78 is 89.7. The monoisotopic (exact) mass is 1380 g/mol. The highest BCUT2D eigenvalue weighted by atomic mass is 32.2. The van der Waals surface area contributed by atoms with Crippen LogP contribution in [0.25, 0.3) is 10.8 Å². The van der Waals surface area contributed by atoms with Crippen LogP contribution >= 0.6 is 0 Å². The van der Waals surface area contributed by atoms with Gasteiger partial charge in [0.15, 0.2) is 44.2 Å². The van der Waals surface area contributed by atoms with E-state index in [1.165, 1.54) is 49.8 Å². The van der Waals surface area contributed by atoms with E-state index in [0.29, 0.717) is 77.6 Å². The molecule has 0 aliphatic heterocycles. The number of carboxylic acids is 1. The number of alkyl carbamates (subject to hydrolysis) is 1. The Morgan fingerprint density at radius 2 is 1.06 bits per heavy atom. The number of anilines is 1. The first-order valence-corrected chi connectivity index (χ1v) is 31.6. The van der Waals surface area contributed by atoms with Gasteiger partial charge in [0.2, 0.25) is 5.69 Å². The predicted octanol–water partition coefficient (Wildman–Crippen LogP) is 6.15. The molecule has 2 aromatic carbocycles. The molecule has 6 heterocycles. The third-order valence-corrected chi connectivity index (χ3v) is 14.5. The van der Waals surface area contributed by atoms with Crippen LogP contribution in [-0.4, -0.2) is 197 Å². The van der Waals surface area contributed by atoms with Crippen molar-refractivity contribution in [2.45, 2.75) is 116 Å². The predicted molar refractivity (Wildman–Crippen MR) is 341 cm³/mol. The summed E-state index contributed by atoms with van der Waals surface area (Å²) in [5.74, 6) is -2.91. The molecule has 1 amide bonds. The molecule has 0 radical (unpaired) electrons. The first kappa shape index (κ1) is 80.8. The molecule has 0 atom stereocenters. The first-order valence-electron chi connectivity index (χ1n) is 29.9. The van der Waals surface area contributed by atoms with Crippen LogP contribution < -0.4 is 10.2 Å². The maximum Gasteiger partial charge on any atom is 0.435 e. The number of ketones is 2. The Kier molecular flexibility index (Phi) is 32.3. The van der Waals surface area contributed by atoms with Crippen LogP contribution in [0.2, 0.25) is 0 Å². The second-order valence-electron chi connectivity index (χ2n) is 22.0. The molecule has 0 unspecified atom stereocenters. The van der Waals surface area contributed by atoms with Crippen LogP contribution in [0, 0.1) is 6.92 Å². The summed E-state index contributed by atoms with van der Waals surface area (Å²) in [6.07, 6.45) is 7.20. The fourth-order valence-corrected chi connectivity index (χ4v) is 9.81. The molecule has 34 nitrogen and oxygen atoms in total. The minimum atomic E-state index is -4.68. The lowest BCUT2D eigenvalue weighted by atomic mass is 10.1. The normalized spacial score (nSPS) is 10.9. The quantitative estimate of drug-likeness (QED) is 0.0314. The van der Waals surface area contributed by atoms with Gasteiger partial charge < -0.3 is 34.3 Å². The Morgan fingerprint density at radius 1 is 0.588 bits per heavy atom. The van der Waals surface area contributed by atoms with Crippen molar-refractivity contribution in [1.82, 2.24) is 95.3 Å². The topological polar surface area (TPSA) is 410 Å². The van der Waals surface area contributed by atoms with E-state index in [-0.39, 0.29) is 41.3 Å². The van der Waals surface area contributed by atoms with Gasteiger partial charge in [-0.1, -0.05) is 74.8 Å². The molecule has 6 aromatic heterocycles. The number of alkyl halides is 3. The summed E-state index contributed by atoms with van der Waals surface area (Å²) >= 11 is 0. The van der Waals surface area contributed by atoms with Crippen molar-refractivity contribution < 1.29 is 79.2 Å². The number of nitrogens with one attached hydrogen (secondary N) is 1. The van der Waals surface area contributed by atoms with Gasteiger partial charge in [-0.05, 0) is 79.4 Å². The number of sulfone groups is 1. The lowest BCUT2D eigenvalue weighted by molar-refractivity contribution is -0.144. The molecule has 0 saturated carbocycles. The number of carboxylic acid groups (broad SMARTS) is 1. The van der Waals surface area contributed by atoms with Crippen molar-refractivity contribution in [3.05, 3.63) is 107 Å². The maximum absolute atomic E-state index is 13.0. The molecule has 8 aromatic rings. The fraction of sp³-hybridized carbons (Fsp3) is 0.508. The average molecular weight is 1390 g/mol. The number of rotatable bonds is 23. The van der Waals surface area contributed by atoms with Gasteiger partial charge in [0.25, 0.3) is 0 Å². The number of hydrogen-bond donors (Lipinski definition) is 2. The van der Waals surface area contributed by atoms with Crippen molar-refractivity contribution in [3.63, 3.8) is 0 Å². The molecule has 8 rings (SSSR count). The van der Waals surface area contributed by atoms with Crippen LogP contribution in [0.5, 0.6) is 0 Å². The number of Topliss-reactive ketones (excluding diaryl/α,β-unsaturated/α-hetero) is 2. The highest BCUT2D eigenvalue weighted by Gasteiger charge is 2.41.